The predicted octanol–water partition coefficient (Wildman–Crippen LogP) is 3.23. The lowest BCUT2D eigenvalue weighted by molar-refractivity contribution is -0.129. The second kappa shape index (κ2) is 12.5. The number of ether oxygens (including phenoxy) is 1. The van der Waals surface area contributed by atoms with E-state index in [1.807, 2.05) is 31.2 Å². The summed E-state index contributed by atoms with van der Waals surface area (Å²) < 4.78 is 32.0. The Balaban J connectivity index is 1.77. The molecule has 1 fully saturated rings. The smallest absolute Gasteiger partial charge is 0.411 e. The van der Waals surface area contributed by atoms with Crippen molar-refractivity contribution in [1.82, 2.24) is 9.21 Å². The molecule has 1 heterocycles. The molecule has 1 aliphatic rings. The standard InChI is InChI=1S/C25H33ClN4O5S/c1-2-20-7-9-22(10-8-20)28-24(32)35-18-25(11-14-30(15-12-25)36(33,34)16-13-27)29(19-31)17-21-5-3-4-6-23(21)26/h3-10,19H,2,11-18,27H2,1H3,(H,28,32). The van der Waals surface area contributed by atoms with E-state index in [1.54, 1.807) is 29.2 Å². The Morgan fingerprint density at radius 1 is 1.19 bits per heavy atom. The largest absolute Gasteiger partial charge is 0.447 e. The van der Waals surface area contributed by atoms with Gasteiger partial charge in [0.15, 0.2) is 0 Å². The van der Waals surface area contributed by atoms with Gasteiger partial charge in [0.2, 0.25) is 16.4 Å². The van der Waals surface area contributed by atoms with E-state index in [4.69, 9.17) is 22.1 Å². The van der Waals surface area contributed by atoms with Gasteiger partial charge in [0.05, 0.1) is 11.3 Å². The lowest BCUT2D eigenvalue weighted by Crippen LogP contribution is -2.58. The van der Waals surface area contributed by atoms with E-state index in [1.165, 1.54) is 4.31 Å². The Hall–Kier alpha value is -2.66. The number of carbonyl (C=O) groups excluding carboxylic acids is 2. The molecule has 3 rings (SSSR count). The van der Waals surface area contributed by atoms with Crippen molar-refractivity contribution in [3.63, 3.8) is 0 Å². The molecule has 9 nitrogen and oxygen atoms in total. The van der Waals surface area contributed by atoms with E-state index in [9.17, 15) is 18.0 Å². The minimum absolute atomic E-state index is 0.0272. The lowest BCUT2D eigenvalue weighted by atomic mass is 9.87. The highest BCUT2D eigenvalue weighted by Crippen LogP contribution is 2.32. The minimum atomic E-state index is -3.50. The minimum Gasteiger partial charge on any atom is -0.447 e. The Labute approximate surface area is 217 Å². The van der Waals surface area contributed by atoms with E-state index in [0.717, 1.165) is 17.5 Å². The molecule has 0 saturated carbocycles. The van der Waals surface area contributed by atoms with Crippen molar-refractivity contribution in [2.45, 2.75) is 38.3 Å². The van der Waals surface area contributed by atoms with Gasteiger partial charge in [0, 0.05) is 36.9 Å². The van der Waals surface area contributed by atoms with Gasteiger partial charge in [-0.1, -0.05) is 48.9 Å². The molecule has 36 heavy (non-hydrogen) atoms. The number of nitrogens with two attached hydrogens (primary N) is 1. The number of aryl methyl sites for hydroxylation is 1. The monoisotopic (exact) mass is 536 g/mol. The van der Waals surface area contributed by atoms with Crippen LogP contribution < -0.4 is 11.1 Å². The van der Waals surface area contributed by atoms with Crippen molar-refractivity contribution < 1.29 is 22.7 Å². The molecule has 0 spiro atoms. The summed E-state index contributed by atoms with van der Waals surface area (Å²) in [7, 11) is -3.50. The highest BCUT2D eigenvalue weighted by atomic mass is 35.5. The number of anilines is 1. The van der Waals surface area contributed by atoms with Gasteiger partial charge >= 0.3 is 6.09 Å². The fourth-order valence-electron chi connectivity index (χ4n) is 4.28. The number of nitrogens with zero attached hydrogens (tertiary/aromatic N) is 2. The summed E-state index contributed by atoms with van der Waals surface area (Å²) in [6.07, 6.45) is 1.52. The zero-order chi connectivity index (χ0) is 26.2. The van der Waals surface area contributed by atoms with Crippen LogP contribution in [0.4, 0.5) is 10.5 Å². The number of halogens is 1. The van der Waals surface area contributed by atoms with Gasteiger partial charge in [-0.25, -0.2) is 17.5 Å². The second-order valence-corrected chi connectivity index (χ2v) is 11.3. The van der Waals surface area contributed by atoms with Crippen LogP contribution in [0.2, 0.25) is 5.02 Å². The van der Waals surface area contributed by atoms with E-state index in [2.05, 4.69) is 5.32 Å². The first kappa shape index (κ1) is 27.9. The average Bonchev–Trinajstić information content (AvgIpc) is 2.87. The summed E-state index contributed by atoms with van der Waals surface area (Å²) in [5, 5.41) is 3.22. The van der Waals surface area contributed by atoms with Crippen molar-refractivity contribution >= 4 is 39.8 Å². The average molecular weight is 537 g/mol. The lowest BCUT2D eigenvalue weighted by Gasteiger charge is -2.46. The first-order chi connectivity index (χ1) is 17.2. The Morgan fingerprint density at radius 3 is 2.44 bits per heavy atom. The first-order valence-corrected chi connectivity index (χ1v) is 13.9. The van der Waals surface area contributed by atoms with Gasteiger partial charge in [-0.15, -0.1) is 0 Å². The van der Waals surface area contributed by atoms with Crippen LogP contribution in [0.15, 0.2) is 48.5 Å². The number of hydrogen-bond acceptors (Lipinski definition) is 6. The molecule has 2 aromatic carbocycles. The SMILES string of the molecule is CCc1ccc(NC(=O)OCC2(N(C=O)Cc3ccccc3Cl)CCN(S(=O)(=O)CCN)CC2)cc1. The second-order valence-electron chi connectivity index (χ2n) is 8.80. The van der Waals surface area contributed by atoms with Crippen LogP contribution in [-0.2, 0) is 32.5 Å². The molecule has 0 atom stereocenters. The molecule has 3 N–H and O–H groups in total. The van der Waals surface area contributed by atoms with Crippen molar-refractivity contribution in [3.05, 3.63) is 64.7 Å². The first-order valence-electron chi connectivity index (χ1n) is 11.9. The van der Waals surface area contributed by atoms with Crippen molar-refractivity contribution in [2.75, 3.05) is 37.3 Å². The molecule has 2 aromatic rings. The summed E-state index contributed by atoms with van der Waals surface area (Å²) >= 11 is 6.33. The number of sulfonamides is 1. The fourth-order valence-corrected chi connectivity index (χ4v) is 5.77. The summed E-state index contributed by atoms with van der Waals surface area (Å²) in [5.74, 6) is -0.146. The van der Waals surface area contributed by atoms with Gasteiger partial charge in [0.25, 0.3) is 0 Å². The molecule has 0 aliphatic carbocycles. The van der Waals surface area contributed by atoms with Crippen LogP contribution in [-0.4, -0.2) is 67.7 Å². The van der Waals surface area contributed by atoms with Crippen LogP contribution in [0, 0.1) is 0 Å². The van der Waals surface area contributed by atoms with Gasteiger partial charge in [-0.3, -0.25) is 10.1 Å². The van der Waals surface area contributed by atoms with Crippen LogP contribution in [0.25, 0.3) is 0 Å². The van der Waals surface area contributed by atoms with Crippen LogP contribution >= 0.6 is 11.6 Å². The van der Waals surface area contributed by atoms with Gasteiger partial charge in [-0.2, -0.15) is 0 Å². The number of piperidine rings is 1. The summed E-state index contributed by atoms with van der Waals surface area (Å²) in [4.78, 5) is 26.4. The molecule has 0 bridgehead atoms. The van der Waals surface area contributed by atoms with Crippen LogP contribution in [0.3, 0.4) is 0 Å². The number of nitrogens with one attached hydrogen (secondary N) is 1. The highest BCUT2D eigenvalue weighted by molar-refractivity contribution is 7.89. The number of rotatable bonds is 11. The molecular formula is C25H33ClN4O5S. The molecular weight excluding hydrogens is 504 g/mol. The zero-order valence-electron chi connectivity index (χ0n) is 20.4. The third kappa shape index (κ3) is 6.97. The van der Waals surface area contributed by atoms with Crippen molar-refractivity contribution in [1.29, 1.82) is 0 Å². The predicted molar refractivity (Wildman–Crippen MR) is 140 cm³/mol. The molecule has 196 valence electrons. The van der Waals surface area contributed by atoms with Crippen LogP contribution in [0.1, 0.15) is 30.9 Å². The Kier molecular flexibility index (Phi) is 9.72. The molecule has 0 aromatic heterocycles. The third-order valence-electron chi connectivity index (χ3n) is 6.54. The topological polar surface area (TPSA) is 122 Å². The van der Waals surface area contributed by atoms with Gasteiger partial charge in [0.1, 0.15) is 6.61 Å². The zero-order valence-corrected chi connectivity index (χ0v) is 21.9. The molecule has 11 heteroatoms. The van der Waals surface area contributed by atoms with E-state index >= 15 is 0 Å². The van der Waals surface area contributed by atoms with Crippen molar-refractivity contribution in [3.8, 4) is 0 Å². The fraction of sp³-hybridized carbons (Fsp3) is 0.440. The maximum absolute atomic E-state index is 12.6. The van der Waals surface area contributed by atoms with E-state index < -0.39 is 21.7 Å². The van der Waals surface area contributed by atoms with Crippen molar-refractivity contribution in [2.24, 2.45) is 5.73 Å². The number of carbonyl (C=O) groups is 2. The number of benzene rings is 2. The van der Waals surface area contributed by atoms with Crippen LogP contribution in [0.5, 0.6) is 0 Å². The molecule has 2 amide bonds. The maximum Gasteiger partial charge on any atom is 0.411 e. The number of hydrogen-bond donors (Lipinski definition) is 2. The Morgan fingerprint density at radius 2 is 1.86 bits per heavy atom. The van der Waals surface area contributed by atoms with Gasteiger partial charge < -0.3 is 15.4 Å². The molecule has 0 radical (unpaired) electrons. The molecule has 1 aliphatic heterocycles. The summed E-state index contributed by atoms with van der Waals surface area (Å²) in [5.41, 5.74) is 7.04. The normalized spacial score (nSPS) is 15.8. The van der Waals surface area contributed by atoms with E-state index in [-0.39, 0.29) is 38.5 Å². The quantitative estimate of drug-likeness (QED) is 0.425. The summed E-state index contributed by atoms with van der Waals surface area (Å²) in [6, 6.07) is 14.6. The highest BCUT2D eigenvalue weighted by Gasteiger charge is 2.43. The summed E-state index contributed by atoms with van der Waals surface area (Å²) in [6.45, 7) is 2.53. The van der Waals surface area contributed by atoms with Gasteiger partial charge in [-0.05, 0) is 48.6 Å². The Bertz CT molecular complexity index is 1140. The molecule has 0 unspecified atom stereocenters. The third-order valence-corrected chi connectivity index (χ3v) is 8.81. The maximum atomic E-state index is 12.6. The van der Waals surface area contributed by atoms with E-state index in [0.29, 0.717) is 30.0 Å². The number of amides is 2. The molecule has 1 saturated heterocycles.